The minimum atomic E-state index is -0.201. The predicted molar refractivity (Wildman–Crippen MR) is 100 cm³/mol. The summed E-state index contributed by atoms with van der Waals surface area (Å²) < 4.78 is 1.73. The Bertz CT molecular complexity index is 943. The summed E-state index contributed by atoms with van der Waals surface area (Å²) in [5, 5.41) is 6.85. The summed E-state index contributed by atoms with van der Waals surface area (Å²) in [5.41, 5.74) is 2.52. The Balaban J connectivity index is 1.47. The van der Waals surface area contributed by atoms with Crippen LogP contribution in [-0.4, -0.2) is 49.4 Å². The van der Waals surface area contributed by atoms with Crippen LogP contribution in [-0.2, 0) is 7.05 Å². The first-order valence-corrected chi connectivity index (χ1v) is 9.04. The van der Waals surface area contributed by atoms with Gasteiger partial charge in [0.1, 0.15) is 0 Å². The molecule has 2 aromatic heterocycles. The average molecular weight is 363 g/mol. The number of aryl methyl sites for hydroxylation is 1. The summed E-state index contributed by atoms with van der Waals surface area (Å²) in [5.74, 6) is 0.226. The number of likely N-dealkylation sites (tertiary alicyclic amines) is 1. The molecule has 1 amide bonds. The number of H-pyrrole nitrogens is 1. The number of carbonyl (C=O) groups excluding carboxylic acids is 2. The van der Waals surface area contributed by atoms with Crippen molar-refractivity contribution in [2.45, 2.75) is 12.8 Å². The van der Waals surface area contributed by atoms with Crippen LogP contribution in [0.3, 0.4) is 0 Å². The monoisotopic (exact) mass is 363 g/mol. The number of rotatable bonds is 4. The van der Waals surface area contributed by atoms with Crippen LogP contribution in [0.4, 0.5) is 0 Å². The van der Waals surface area contributed by atoms with Crippen LogP contribution in [0.1, 0.15) is 33.8 Å². The van der Waals surface area contributed by atoms with Crippen molar-refractivity contribution in [3.63, 3.8) is 0 Å². The lowest BCUT2D eigenvalue weighted by Crippen LogP contribution is -2.42. The maximum absolute atomic E-state index is 12.9. The van der Waals surface area contributed by atoms with Gasteiger partial charge in [-0.15, -0.1) is 0 Å². The Labute approximate surface area is 157 Å². The van der Waals surface area contributed by atoms with Gasteiger partial charge in [0, 0.05) is 50.2 Å². The third kappa shape index (κ3) is 3.40. The number of piperidine rings is 1. The number of imidazole rings is 1. The zero-order valence-corrected chi connectivity index (χ0v) is 15.1. The van der Waals surface area contributed by atoms with Crippen molar-refractivity contribution in [1.29, 1.82) is 0 Å². The molecule has 1 aromatic carbocycles. The first kappa shape index (κ1) is 17.2. The second-order valence-corrected chi connectivity index (χ2v) is 6.86. The highest BCUT2D eigenvalue weighted by Gasteiger charge is 2.31. The molecule has 1 aliphatic heterocycles. The van der Waals surface area contributed by atoms with Gasteiger partial charge in [-0.2, -0.15) is 5.10 Å². The van der Waals surface area contributed by atoms with E-state index in [4.69, 9.17) is 0 Å². The van der Waals surface area contributed by atoms with Gasteiger partial charge in [-0.25, -0.2) is 4.98 Å². The van der Waals surface area contributed by atoms with Crippen LogP contribution in [0.5, 0.6) is 0 Å². The van der Waals surface area contributed by atoms with Crippen molar-refractivity contribution in [3.05, 3.63) is 60.3 Å². The molecule has 0 saturated carbocycles. The van der Waals surface area contributed by atoms with E-state index in [1.165, 1.54) is 0 Å². The second-order valence-electron chi connectivity index (χ2n) is 6.86. The summed E-state index contributed by atoms with van der Waals surface area (Å²) >= 11 is 0. The lowest BCUT2D eigenvalue weighted by molar-refractivity contribution is 0.0633. The summed E-state index contributed by atoms with van der Waals surface area (Å²) in [7, 11) is 1.81. The van der Waals surface area contributed by atoms with Crippen molar-refractivity contribution in [3.8, 4) is 11.3 Å². The summed E-state index contributed by atoms with van der Waals surface area (Å²) in [6.07, 6.45) is 6.69. The summed E-state index contributed by atoms with van der Waals surface area (Å²) in [4.78, 5) is 31.6. The number of aromatic nitrogens is 4. The normalized spacial score (nSPS) is 17.1. The standard InChI is InChI=1S/C20H21N5O2/c1-24-12-10-21-19(24)18(26)16-3-2-11-25(13-16)20(27)15-6-4-14(5-7-15)17-8-9-22-23-17/h4-10,12,16H,2-3,11,13H2,1H3,(H,22,23). The molecular formula is C20H21N5O2. The van der Waals surface area contributed by atoms with E-state index in [0.717, 1.165) is 24.1 Å². The minimum Gasteiger partial charge on any atom is -0.338 e. The Morgan fingerprint density at radius 3 is 2.63 bits per heavy atom. The van der Waals surface area contributed by atoms with Gasteiger partial charge >= 0.3 is 0 Å². The van der Waals surface area contributed by atoms with Crippen LogP contribution < -0.4 is 0 Å². The lowest BCUT2D eigenvalue weighted by Gasteiger charge is -2.32. The Kier molecular flexibility index (Phi) is 4.58. The van der Waals surface area contributed by atoms with E-state index < -0.39 is 0 Å². The lowest BCUT2D eigenvalue weighted by atomic mass is 9.92. The number of amides is 1. The first-order chi connectivity index (χ1) is 13.1. The van der Waals surface area contributed by atoms with Crippen LogP contribution in [0.2, 0.25) is 0 Å². The number of ketones is 1. The third-order valence-electron chi connectivity index (χ3n) is 5.06. The molecule has 3 heterocycles. The minimum absolute atomic E-state index is 0.00888. The van der Waals surface area contributed by atoms with Crippen molar-refractivity contribution < 1.29 is 9.59 Å². The second kappa shape index (κ2) is 7.19. The molecule has 1 unspecified atom stereocenters. The molecule has 1 aliphatic rings. The molecule has 1 atom stereocenters. The Morgan fingerprint density at radius 2 is 1.96 bits per heavy atom. The maximum atomic E-state index is 12.9. The molecule has 7 nitrogen and oxygen atoms in total. The SMILES string of the molecule is Cn1ccnc1C(=O)C1CCCN(C(=O)c2ccc(-c3ccn[nH]3)cc2)C1. The maximum Gasteiger partial charge on any atom is 0.253 e. The Morgan fingerprint density at radius 1 is 1.15 bits per heavy atom. The molecule has 1 fully saturated rings. The van der Waals surface area contributed by atoms with Crippen LogP contribution in [0, 0.1) is 5.92 Å². The molecule has 1 N–H and O–H groups in total. The quantitative estimate of drug-likeness (QED) is 0.722. The fraction of sp³-hybridized carbons (Fsp3) is 0.300. The molecule has 27 heavy (non-hydrogen) atoms. The third-order valence-corrected chi connectivity index (χ3v) is 5.06. The highest BCUT2D eigenvalue weighted by atomic mass is 16.2. The molecule has 7 heteroatoms. The number of benzene rings is 1. The van der Waals surface area contributed by atoms with Crippen molar-refractivity contribution >= 4 is 11.7 Å². The van der Waals surface area contributed by atoms with E-state index in [-0.39, 0.29) is 17.6 Å². The van der Waals surface area contributed by atoms with Crippen molar-refractivity contribution in [2.75, 3.05) is 13.1 Å². The molecule has 1 saturated heterocycles. The highest BCUT2D eigenvalue weighted by Crippen LogP contribution is 2.23. The zero-order valence-electron chi connectivity index (χ0n) is 15.1. The van der Waals surface area contributed by atoms with Crippen LogP contribution >= 0.6 is 0 Å². The van der Waals surface area contributed by atoms with E-state index in [1.54, 1.807) is 28.1 Å². The van der Waals surface area contributed by atoms with E-state index in [2.05, 4.69) is 15.2 Å². The number of aromatic amines is 1. The average Bonchev–Trinajstić information content (AvgIpc) is 3.39. The number of Topliss-reactive ketones (excluding diaryl/α,β-unsaturated/α-hetero) is 1. The van der Waals surface area contributed by atoms with E-state index in [0.29, 0.717) is 24.5 Å². The number of hydrogen-bond donors (Lipinski definition) is 1. The van der Waals surface area contributed by atoms with E-state index >= 15 is 0 Å². The van der Waals surface area contributed by atoms with Crippen molar-refractivity contribution in [1.82, 2.24) is 24.6 Å². The molecular weight excluding hydrogens is 342 g/mol. The molecule has 0 spiro atoms. The molecule has 0 bridgehead atoms. The number of nitrogens with zero attached hydrogens (tertiary/aromatic N) is 4. The van der Waals surface area contributed by atoms with Crippen LogP contribution in [0.25, 0.3) is 11.3 Å². The fourth-order valence-electron chi connectivity index (χ4n) is 3.55. The van der Waals surface area contributed by atoms with Gasteiger partial charge in [-0.3, -0.25) is 14.7 Å². The van der Waals surface area contributed by atoms with Gasteiger partial charge < -0.3 is 9.47 Å². The fourth-order valence-corrected chi connectivity index (χ4v) is 3.55. The van der Waals surface area contributed by atoms with Gasteiger partial charge in [0.2, 0.25) is 5.78 Å². The van der Waals surface area contributed by atoms with Gasteiger partial charge in [-0.1, -0.05) is 12.1 Å². The van der Waals surface area contributed by atoms with E-state index in [9.17, 15) is 9.59 Å². The smallest absolute Gasteiger partial charge is 0.253 e. The zero-order chi connectivity index (χ0) is 18.8. The summed E-state index contributed by atoms with van der Waals surface area (Å²) in [6.45, 7) is 1.11. The van der Waals surface area contributed by atoms with Gasteiger partial charge in [-0.05, 0) is 36.6 Å². The predicted octanol–water partition coefficient (Wildman–Crippen LogP) is 2.55. The van der Waals surface area contributed by atoms with Gasteiger partial charge in [0.25, 0.3) is 5.91 Å². The topological polar surface area (TPSA) is 83.9 Å². The number of hydrogen-bond acceptors (Lipinski definition) is 4. The van der Waals surface area contributed by atoms with Crippen molar-refractivity contribution in [2.24, 2.45) is 13.0 Å². The molecule has 4 rings (SSSR count). The number of carbonyl (C=O) groups is 2. The van der Waals surface area contributed by atoms with E-state index in [1.807, 2.05) is 37.4 Å². The molecule has 0 aliphatic carbocycles. The Hall–Kier alpha value is -3.22. The first-order valence-electron chi connectivity index (χ1n) is 9.04. The molecule has 3 aromatic rings. The van der Waals surface area contributed by atoms with Gasteiger partial charge in [0.15, 0.2) is 5.82 Å². The van der Waals surface area contributed by atoms with Gasteiger partial charge in [0.05, 0.1) is 5.69 Å². The largest absolute Gasteiger partial charge is 0.338 e. The van der Waals surface area contributed by atoms with Crippen LogP contribution in [0.15, 0.2) is 48.9 Å². The number of nitrogens with one attached hydrogen (secondary N) is 1. The molecule has 138 valence electrons. The highest BCUT2D eigenvalue weighted by molar-refractivity contribution is 5.97. The summed E-state index contributed by atoms with van der Waals surface area (Å²) in [6, 6.07) is 9.34. The molecule has 0 radical (unpaired) electrons.